The molecular weight excluding hydrogens is 338 g/mol. The van der Waals surface area contributed by atoms with E-state index in [-0.39, 0.29) is 11.3 Å². The summed E-state index contributed by atoms with van der Waals surface area (Å²) in [7, 11) is 0. The first-order chi connectivity index (χ1) is 12.5. The van der Waals surface area contributed by atoms with Crippen LogP contribution in [0.15, 0.2) is 23.0 Å². The Labute approximate surface area is 152 Å². The molecule has 0 saturated heterocycles. The fourth-order valence-corrected chi connectivity index (χ4v) is 3.98. The van der Waals surface area contributed by atoms with Crippen molar-refractivity contribution in [3.8, 4) is 5.75 Å². The van der Waals surface area contributed by atoms with Gasteiger partial charge in [0.15, 0.2) is 0 Å². The zero-order chi connectivity index (χ0) is 18.5. The summed E-state index contributed by atoms with van der Waals surface area (Å²) < 4.78 is 28.9. The lowest BCUT2D eigenvalue weighted by molar-refractivity contribution is -0.0497. The summed E-state index contributed by atoms with van der Waals surface area (Å²) in [5, 5.41) is 0. The van der Waals surface area contributed by atoms with Gasteiger partial charge in [-0.05, 0) is 36.8 Å². The topological polar surface area (TPSA) is 55.0 Å². The van der Waals surface area contributed by atoms with Gasteiger partial charge in [-0.15, -0.1) is 0 Å². The van der Waals surface area contributed by atoms with Crippen molar-refractivity contribution in [1.82, 2.24) is 9.97 Å². The molecule has 1 aromatic carbocycles. The zero-order valence-electron chi connectivity index (χ0n) is 15.1. The van der Waals surface area contributed by atoms with E-state index < -0.39 is 6.61 Å². The van der Waals surface area contributed by atoms with Crippen LogP contribution in [0.5, 0.6) is 5.75 Å². The highest BCUT2D eigenvalue weighted by Gasteiger charge is 2.22. The molecule has 2 aromatic rings. The standard InChI is InChI=1S/C20H26F2N2O2/c1-13-6-5-8-14(13)7-3-2-4-9-17-19(25)24-18-12-15(26-20(21)22)10-11-16(18)23-17/h10-14,20H,2-9H2,1H3,(H,24,25). The molecule has 1 N–H and O–H groups in total. The minimum Gasteiger partial charge on any atom is -0.435 e. The molecule has 1 aromatic heterocycles. The van der Waals surface area contributed by atoms with Crippen LogP contribution in [0.1, 0.15) is 57.6 Å². The minimum atomic E-state index is -2.89. The van der Waals surface area contributed by atoms with Crippen LogP contribution in [0.25, 0.3) is 11.0 Å². The van der Waals surface area contributed by atoms with Gasteiger partial charge in [-0.1, -0.05) is 45.4 Å². The summed E-state index contributed by atoms with van der Waals surface area (Å²) >= 11 is 0. The Kier molecular flexibility index (Phi) is 6.22. The number of aryl methyl sites for hydroxylation is 1. The first-order valence-corrected chi connectivity index (χ1v) is 9.50. The van der Waals surface area contributed by atoms with Crippen LogP contribution < -0.4 is 10.3 Å². The van der Waals surface area contributed by atoms with Crippen LogP contribution in [0.2, 0.25) is 0 Å². The lowest BCUT2D eigenvalue weighted by Crippen LogP contribution is -2.15. The molecule has 1 saturated carbocycles. The predicted octanol–water partition coefficient (Wildman–Crippen LogP) is 5.06. The highest BCUT2D eigenvalue weighted by atomic mass is 19.3. The SMILES string of the molecule is CC1CCCC1CCCCCc1nc2ccc(OC(F)F)cc2[nH]c1=O. The zero-order valence-corrected chi connectivity index (χ0v) is 15.1. The number of hydrogen-bond donors (Lipinski definition) is 1. The lowest BCUT2D eigenvalue weighted by Gasteiger charge is -2.14. The van der Waals surface area contributed by atoms with E-state index >= 15 is 0 Å². The van der Waals surface area contributed by atoms with Crippen LogP contribution in [0.4, 0.5) is 8.78 Å². The molecule has 6 heteroatoms. The number of nitrogens with zero attached hydrogens (tertiary/aromatic N) is 1. The number of alkyl halides is 2. The first kappa shape index (κ1) is 18.8. The van der Waals surface area contributed by atoms with Crippen molar-refractivity contribution in [1.29, 1.82) is 0 Å². The minimum absolute atomic E-state index is 0.0128. The largest absolute Gasteiger partial charge is 0.435 e. The molecule has 0 radical (unpaired) electrons. The average Bonchev–Trinajstić information content (AvgIpc) is 2.99. The molecule has 3 rings (SSSR count). The maximum absolute atomic E-state index is 12.3. The number of halogens is 2. The van der Waals surface area contributed by atoms with Gasteiger partial charge in [-0.2, -0.15) is 8.78 Å². The van der Waals surface area contributed by atoms with Crippen LogP contribution in [-0.2, 0) is 6.42 Å². The highest BCUT2D eigenvalue weighted by molar-refractivity contribution is 5.75. The number of H-pyrrole nitrogens is 1. The van der Waals surface area contributed by atoms with E-state index in [1.807, 2.05) is 0 Å². The van der Waals surface area contributed by atoms with Crippen LogP contribution in [0, 0.1) is 11.8 Å². The van der Waals surface area contributed by atoms with Crippen molar-refractivity contribution in [2.45, 2.75) is 64.9 Å². The second kappa shape index (κ2) is 8.60. The van der Waals surface area contributed by atoms with Gasteiger partial charge in [0.1, 0.15) is 11.4 Å². The summed E-state index contributed by atoms with van der Waals surface area (Å²) in [4.78, 5) is 19.3. The Morgan fingerprint density at radius 2 is 2.12 bits per heavy atom. The number of benzene rings is 1. The van der Waals surface area contributed by atoms with Crippen LogP contribution >= 0.6 is 0 Å². The van der Waals surface area contributed by atoms with Gasteiger partial charge >= 0.3 is 6.61 Å². The Bertz CT molecular complexity index is 791. The summed E-state index contributed by atoms with van der Waals surface area (Å²) in [6.45, 7) is -0.535. The van der Waals surface area contributed by atoms with Gasteiger partial charge in [0, 0.05) is 6.07 Å². The lowest BCUT2D eigenvalue weighted by atomic mass is 9.92. The van der Waals surface area contributed by atoms with Crippen molar-refractivity contribution in [3.05, 3.63) is 34.2 Å². The number of aromatic amines is 1. The molecule has 1 fully saturated rings. The monoisotopic (exact) mass is 364 g/mol. The molecular formula is C20H26F2N2O2. The molecule has 1 aliphatic carbocycles. The van der Waals surface area contributed by atoms with Gasteiger partial charge in [0.2, 0.25) is 0 Å². The van der Waals surface area contributed by atoms with Gasteiger partial charge in [0.05, 0.1) is 11.0 Å². The third kappa shape index (κ3) is 4.80. The maximum atomic E-state index is 12.3. The number of hydrogen-bond acceptors (Lipinski definition) is 3. The van der Waals surface area contributed by atoms with Gasteiger partial charge in [0.25, 0.3) is 5.56 Å². The van der Waals surface area contributed by atoms with E-state index in [9.17, 15) is 13.6 Å². The quantitative estimate of drug-likeness (QED) is 0.666. The number of ether oxygens (including phenoxy) is 1. The van der Waals surface area contributed by atoms with Crippen molar-refractivity contribution in [3.63, 3.8) is 0 Å². The van der Waals surface area contributed by atoms with Crippen molar-refractivity contribution >= 4 is 11.0 Å². The van der Waals surface area contributed by atoms with E-state index in [1.54, 1.807) is 6.07 Å². The molecule has 1 heterocycles. The predicted molar refractivity (Wildman–Crippen MR) is 97.7 cm³/mol. The highest BCUT2D eigenvalue weighted by Crippen LogP contribution is 2.34. The third-order valence-electron chi connectivity index (χ3n) is 5.49. The number of nitrogens with one attached hydrogen (secondary N) is 1. The Balaban J connectivity index is 1.54. The second-order valence-corrected chi connectivity index (χ2v) is 7.34. The van der Waals surface area contributed by atoms with E-state index in [4.69, 9.17) is 0 Å². The molecule has 0 aliphatic heterocycles. The van der Waals surface area contributed by atoms with E-state index in [0.29, 0.717) is 23.1 Å². The van der Waals surface area contributed by atoms with Crippen molar-refractivity contribution < 1.29 is 13.5 Å². The van der Waals surface area contributed by atoms with Gasteiger partial charge < -0.3 is 9.72 Å². The number of fused-ring (bicyclic) bond motifs is 1. The molecule has 0 amide bonds. The number of aromatic nitrogens is 2. The number of rotatable bonds is 8. The Hall–Kier alpha value is -1.98. The van der Waals surface area contributed by atoms with Crippen molar-refractivity contribution in [2.24, 2.45) is 11.8 Å². The third-order valence-corrected chi connectivity index (χ3v) is 5.49. The fraction of sp³-hybridized carbons (Fsp3) is 0.600. The second-order valence-electron chi connectivity index (χ2n) is 7.34. The molecule has 142 valence electrons. The van der Waals surface area contributed by atoms with Gasteiger partial charge in [-0.3, -0.25) is 4.79 Å². The molecule has 1 aliphatic rings. The van der Waals surface area contributed by atoms with Gasteiger partial charge in [-0.25, -0.2) is 4.98 Å². The van der Waals surface area contributed by atoms with Crippen LogP contribution in [-0.4, -0.2) is 16.6 Å². The van der Waals surface area contributed by atoms with E-state index in [1.165, 1.54) is 44.2 Å². The summed E-state index contributed by atoms with van der Waals surface area (Å²) in [6, 6.07) is 4.41. The maximum Gasteiger partial charge on any atom is 0.387 e. The van der Waals surface area contributed by atoms with Crippen LogP contribution in [0.3, 0.4) is 0 Å². The smallest absolute Gasteiger partial charge is 0.387 e. The molecule has 26 heavy (non-hydrogen) atoms. The normalized spacial score (nSPS) is 20.2. The molecule has 2 atom stereocenters. The summed E-state index contributed by atoms with van der Waals surface area (Å²) in [6.07, 6.45) is 9.27. The Morgan fingerprint density at radius 3 is 2.85 bits per heavy atom. The fourth-order valence-electron chi connectivity index (χ4n) is 3.98. The first-order valence-electron chi connectivity index (χ1n) is 9.50. The molecule has 0 spiro atoms. The summed E-state index contributed by atoms with van der Waals surface area (Å²) in [5.74, 6) is 1.75. The number of unbranched alkanes of at least 4 members (excludes halogenated alkanes) is 2. The molecule has 4 nitrogen and oxygen atoms in total. The Morgan fingerprint density at radius 1 is 1.27 bits per heavy atom. The van der Waals surface area contributed by atoms with E-state index in [2.05, 4.69) is 21.6 Å². The van der Waals surface area contributed by atoms with E-state index in [0.717, 1.165) is 24.7 Å². The molecule has 0 bridgehead atoms. The van der Waals surface area contributed by atoms with Crippen molar-refractivity contribution in [2.75, 3.05) is 0 Å². The molecule has 2 unspecified atom stereocenters. The summed E-state index contributed by atoms with van der Waals surface area (Å²) in [5.41, 5.74) is 1.25. The average molecular weight is 364 g/mol.